The fourth-order valence-corrected chi connectivity index (χ4v) is 3.63. The van der Waals surface area contributed by atoms with Crippen LogP contribution in [0.25, 0.3) is 0 Å². The number of amides is 1. The summed E-state index contributed by atoms with van der Waals surface area (Å²) < 4.78 is 13.1. The minimum Gasteiger partial charge on any atom is -0.392 e. The van der Waals surface area contributed by atoms with E-state index in [1.165, 1.54) is 12.1 Å². The molecular formula is C19H26FN3O2. The van der Waals surface area contributed by atoms with Gasteiger partial charge in [-0.15, -0.1) is 0 Å². The normalized spacial score (nSPS) is 26.2. The molecule has 1 amide bonds. The lowest BCUT2D eigenvalue weighted by molar-refractivity contribution is -0.135. The second-order valence-corrected chi connectivity index (χ2v) is 7.37. The maximum absolute atomic E-state index is 13.1. The molecule has 1 aromatic carbocycles. The Kier molecular flexibility index (Phi) is 5.37. The summed E-state index contributed by atoms with van der Waals surface area (Å²) in [4.78, 5) is 18.4. The van der Waals surface area contributed by atoms with Crippen LogP contribution in [0.1, 0.15) is 45.1 Å². The molecule has 0 aromatic heterocycles. The van der Waals surface area contributed by atoms with E-state index in [0.717, 1.165) is 30.7 Å². The third-order valence-electron chi connectivity index (χ3n) is 4.90. The van der Waals surface area contributed by atoms with Crippen LogP contribution in [0.2, 0.25) is 0 Å². The maximum atomic E-state index is 13.1. The first-order chi connectivity index (χ1) is 12.0. The van der Waals surface area contributed by atoms with Gasteiger partial charge in [-0.3, -0.25) is 4.79 Å². The first-order valence-electron chi connectivity index (χ1n) is 8.99. The van der Waals surface area contributed by atoms with E-state index < -0.39 is 5.41 Å². The van der Waals surface area contributed by atoms with Gasteiger partial charge in [-0.1, -0.05) is 17.3 Å². The van der Waals surface area contributed by atoms with Gasteiger partial charge in [-0.2, -0.15) is 0 Å². The summed E-state index contributed by atoms with van der Waals surface area (Å²) in [5, 5.41) is 10.6. The standard InChI is InChI=1S/C19H26FN3O2/c1-13(2)22-18(24)19(8-3-9-21-12-19)11-16-10-17(23-25-16)14-4-6-15(20)7-5-14/h4-7,13,16,21H,3,8-12H2,1-2H3,(H,22,24)/t16-,19-/m0/s1. The molecular weight excluding hydrogens is 321 g/mol. The number of benzene rings is 1. The Hall–Kier alpha value is -1.95. The average Bonchev–Trinajstić information content (AvgIpc) is 3.04. The van der Waals surface area contributed by atoms with Gasteiger partial charge in [0.1, 0.15) is 11.9 Å². The first-order valence-corrected chi connectivity index (χ1v) is 8.99. The molecule has 0 bridgehead atoms. The highest BCUT2D eigenvalue weighted by Gasteiger charge is 2.43. The second-order valence-electron chi connectivity index (χ2n) is 7.37. The average molecular weight is 347 g/mol. The van der Waals surface area contributed by atoms with Crippen molar-refractivity contribution < 1.29 is 14.0 Å². The number of rotatable bonds is 5. The molecule has 2 atom stereocenters. The van der Waals surface area contributed by atoms with E-state index in [9.17, 15) is 9.18 Å². The minimum absolute atomic E-state index is 0.0912. The topological polar surface area (TPSA) is 62.7 Å². The predicted molar refractivity (Wildman–Crippen MR) is 94.9 cm³/mol. The molecule has 0 saturated carbocycles. The van der Waals surface area contributed by atoms with Gasteiger partial charge >= 0.3 is 0 Å². The van der Waals surface area contributed by atoms with E-state index in [0.29, 0.717) is 19.4 Å². The maximum Gasteiger partial charge on any atom is 0.227 e. The van der Waals surface area contributed by atoms with Crippen LogP contribution in [-0.2, 0) is 9.63 Å². The monoisotopic (exact) mass is 347 g/mol. The Morgan fingerprint density at radius 2 is 2.20 bits per heavy atom. The summed E-state index contributed by atoms with van der Waals surface area (Å²) in [6.07, 6.45) is 2.97. The van der Waals surface area contributed by atoms with Gasteiger partial charge < -0.3 is 15.5 Å². The van der Waals surface area contributed by atoms with Gasteiger partial charge in [0.2, 0.25) is 5.91 Å². The molecule has 0 radical (unpaired) electrons. The Morgan fingerprint density at radius 1 is 1.44 bits per heavy atom. The Labute approximate surface area is 148 Å². The zero-order valence-electron chi connectivity index (χ0n) is 14.8. The number of oxime groups is 1. The molecule has 136 valence electrons. The fraction of sp³-hybridized carbons (Fsp3) is 0.579. The summed E-state index contributed by atoms with van der Waals surface area (Å²) in [6.45, 7) is 5.56. The lowest BCUT2D eigenvalue weighted by Crippen LogP contribution is -2.53. The van der Waals surface area contributed by atoms with Crippen molar-refractivity contribution in [2.45, 2.75) is 51.7 Å². The summed E-state index contributed by atoms with van der Waals surface area (Å²) in [7, 11) is 0. The molecule has 2 heterocycles. The molecule has 2 aliphatic heterocycles. The van der Waals surface area contributed by atoms with E-state index in [1.54, 1.807) is 12.1 Å². The van der Waals surface area contributed by atoms with Crippen molar-refractivity contribution in [2.75, 3.05) is 13.1 Å². The zero-order chi connectivity index (χ0) is 17.9. The molecule has 3 rings (SSSR count). The predicted octanol–water partition coefficient (Wildman–Crippen LogP) is 2.60. The van der Waals surface area contributed by atoms with E-state index in [-0.39, 0.29) is 23.9 Å². The first kappa shape index (κ1) is 17.9. The molecule has 2 aliphatic rings. The Bertz CT molecular complexity index is 637. The summed E-state index contributed by atoms with van der Waals surface area (Å²) in [6, 6.07) is 6.38. The highest BCUT2D eigenvalue weighted by atomic mass is 19.1. The van der Waals surface area contributed by atoms with Gasteiger partial charge in [0.05, 0.1) is 11.1 Å². The smallest absolute Gasteiger partial charge is 0.227 e. The highest BCUT2D eigenvalue weighted by Crippen LogP contribution is 2.35. The summed E-state index contributed by atoms with van der Waals surface area (Å²) in [5.74, 6) is -0.175. The van der Waals surface area contributed by atoms with Crippen LogP contribution in [0.4, 0.5) is 4.39 Å². The van der Waals surface area contributed by atoms with Gasteiger partial charge in [0.25, 0.3) is 0 Å². The molecule has 0 aliphatic carbocycles. The van der Waals surface area contributed by atoms with Crippen LogP contribution in [-0.4, -0.2) is 36.9 Å². The number of halogens is 1. The molecule has 25 heavy (non-hydrogen) atoms. The van der Waals surface area contributed by atoms with Crippen molar-refractivity contribution in [1.29, 1.82) is 0 Å². The van der Waals surface area contributed by atoms with Crippen molar-refractivity contribution in [3.05, 3.63) is 35.6 Å². The third-order valence-corrected chi connectivity index (χ3v) is 4.90. The van der Waals surface area contributed by atoms with Gasteiger partial charge in [-0.25, -0.2) is 4.39 Å². The molecule has 1 fully saturated rings. The zero-order valence-corrected chi connectivity index (χ0v) is 14.8. The van der Waals surface area contributed by atoms with Crippen molar-refractivity contribution in [2.24, 2.45) is 10.6 Å². The molecule has 5 nitrogen and oxygen atoms in total. The lowest BCUT2D eigenvalue weighted by atomic mass is 9.74. The quantitative estimate of drug-likeness (QED) is 0.861. The number of carbonyl (C=O) groups is 1. The fourth-order valence-electron chi connectivity index (χ4n) is 3.63. The lowest BCUT2D eigenvalue weighted by Gasteiger charge is -2.38. The molecule has 1 saturated heterocycles. The van der Waals surface area contributed by atoms with Crippen LogP contribution >= 0.6 is 0 Å². The molecule has 0 unspecified atom stereocenters. The molecule has 1 aromatic rings. The SMILES string of the molecule is CC(C)NC(=O)[C@]1(C[C@@H]2CC(c3ccc(F)cc3)=NO2)CCCNC1. The van der Waals surface area contributed by atoms with E-state index in [4.69, 9.17) is 4.84 Å². The van der Waals surface area contributed by atoms with Crippen LogP contribution in [0.5, 0.6) is 0 Å². The summed E-state index contributed by atoms with van der Waals surface area (Å²) in [5.41, 5.74) is 1.22. The van der Waals surface area contributed by atoms with Crippen molar-refractivity contribution in [3.63, 3.8) is 0 Å². The molecule has 6 heteroatoms. The Morgan fingerprint density at radius 3 is 2.84 bits per heavy atom. The number of nitrogens with one attached hydrogen (secondary N) is 2. The number of piperidine rings is 1. The van der Waals surface area contributed by atoms with Crippen molar-refractivity contribution in [1.82, 2.24) is 10.6 Å². The van der Waals surface area contributed by atoms with Gasteiger partial charge in [-0.05, 0) is 50.9 Å². The van der Waals surface area contributed by atoms with Gasteiger partial charge in [0.15, 0.2) is 0 Å². The Balaban J connectivity index is 1.67. The van der Waals surface area contributed by atoms with E-state index in [1.807, 2.05) is 13.8 Å². The van der Waals surface area contributed by atoms with Crippen molar-refractivity contribution >= 4 is 11.6 Å². The molecule has 0 spiro atoms. The number of hydrogen-bond acceptors (Lipinski definition) is 4. The highest BCUT2D eigenvalue weighted by molar-refractivity contribution is 6.01. The van der Waals surface area contributed by atoms with Crippen molar-refractivity contribution in [3.8, 4) is 0 Å². The summed E-state index contributed by atoms with van der Waals surface area (Å²) >= 11 is 0. The van der Waals surface area contributed by atoms with E-state index in [2.05, 4.69) is 15.8 Å². The number of nitrogens with zero attached hydrogens (tertiary/aromatic N) is 1. The number of carbonyl (C=O) groups excluding carboxylic acids is 1. The van der Waals surface area contributed by atoms with Gasteiger partial charge in [0, 0.05) is 25.4 Å². The molecule has 2 N–H and O–H groups in total. The van der Waals surface area contributed by atoms with Crippen LogP contribution in [0, 0.1) is 11.2 Å². The number of hydrogen-bond donors (Lipinski definition) is 2. The minimum atomic E-state index is -0.457. The van der Waals surface area contributed by atoms with Crippen LogP contribution in [0.3, 0.4) is 0 Å². The largest absolute Gasteiger partial charge is 0.392 e. The van der Waals surface area contributed by atoms with Crippen LogP contribution in [0.15, 0.2) is 29.4 Å². The van der Waals surface area contributed by atoms with E-state index >= 15 is 0 Å². The second kappa shape index (κ2) is 7.52. The third kappa shape index (κ3) is 4.18. The van der Waals surface area contributed by atoms with Crippen LogP contribution < -0.4 is 10.6 Å².